The van der Waals surface area contributed by atoms with Crippen LogP contribution in [0.25, 0.3) is 93.1 Å². The van der Waals surface area contributed by atoms with Crippen LogP contribution in [0.5, 0.6) is 0 Å². The topological polar surface area (TPSA) is 0 Å². The van der Waals surface area contributed by atoms with Crippen molar-refractivity contribution in [2.75, 3.05) is 0 Å². The highest BCUT2D eigenvalue weighted by atomic mass is 79.9. The quantitative estimate of drug-likeness (QED) is 0.142. The van der Waals surface area contributed by atoms with Crippen LogP contribution in [0.2, 0.25) is 0 Å². The van der Waals surface area contributed by atoms with Crippen molar-refractivity contribution in [2.24, 2.45) is 0 Å². The number of benzene rings is 10. The highest BCUT2D eigenvalue weighted by Crippen LogP contribution is 2.60. The summed E-state index contributed by atoms with van der Waals surface area (Å²) in [6.45, 7) is 23.1. The van der Waals surface area contributed by atoms with Gasteiger partial charge in [-0.1, -0.05) is 303 Å². The van der Waals surface area contributed by atoms with Gasteiger partial charge >= 0.3 is 0 Å². The molecule has 10 aromatic carbocycles. The second-order valence-electron chi connectivity index (χ2n) is 27.2. The molecule has 0 nitrogen and oxygen atoms in total. The van der Waals surface area contributed by atoms with Gasteiger partial charge in [-0.3, -0.25) is 0 Å². The first-order valence-electron chi connectivity index (χ1n) is 34.7. The number of hydrogen-bond acceptors (Lipinski definition) is 0. The third kappa shape index (κ3) is 12.1. The molecule has 8 heteroatoms. The zero-order valence-corrected chi connectivity index (χ0v) is 70.0. The molecule has 0 radical (unpaired) electrons. The van der Waals surface area contributed by atoms with Gasteiger partial charge in [-0.25, -0.2) is 0 Å². The largest absolute Gasteiger partial charge is 0.0642 e. The number of aryl methyl sites for hydroxylation is 2. The second kappa shape index (κ2) is 28.7. The third-order valence-electron chi connectivity index (χ3n) is 22.9. The zero-order valence-electron chi connectivity index (χ0n) is 57.3. The summed E-state index contributed by atoms with van der Waals surface area (Å²) in [5, 5.41) is 0. The Labute approximate surface area is 649 Å². The predicted octanol–water partition coefficient (Wildman–Crippen LogP) is 31.1. The Bertz CT molecular complexity index is 4110. The van der Waals surface area contributed by atoms with Gasteiger partial charge in [0.25, 0.3) is 0 Å². The maximum absolute atomic E-state index is 4.11. The molecule has 5 aliphatic rings. The summed E-state index contributed by atoms with van der Waals surface area (Å²) in [6.07, 6.45) is 26.5. The summed E-state index contributed by atoms with van der Waals surface area (Å²) < 4.78 is 8.74. The molecular weight excluding hydrogens is 1720 g/mol. The van der Waals surface area contributed by atoms with Gasteiger partial charge in [0, 0.05) is 57.4 Å². The van der Waals surface area contributed by atoms with Crippen LogP contribution in [0, 0.1) is 13.8 Å². The first kappa shape index (κ1) is 71.4. The van der Waals surface area contributed by atoms with Crippen LogP contribution in [-0.4, -0.2) is 0 Å². The molecule has 0 amide bonds. The van der Waals surface area contributed by atoms with Crippen molar-refractivity contribution in [1.29, 1.82) is 0 Å². The maximum Gasteiger partial charge on any atom is 0.0254 e. The van der Waals surface area contributed by atoms with Crippen molar-refractivity contribution in [1.82, 2.24) is 0 Å². The van der Waals surface area contributed by atoms with E-state index in [9.17, 15) is 0 Å². The molecule has 0 aliphatic heterocycles. The molecule has 10 aromatic rings. The van der Waals surface area contributed by atoms with Crippen molar-refractivity contribution in [3.63, 3.8) is 0 Å². The van der Waals surface area contributed by atoms with E-state index in [4.69, 9.17) is 0 Å². The molecule has 15 rings (SSSR count). The van der Waals surface area contributed by atoms with Crippen LogP contribution in [0.4, 0.5) is 0 Å². The molecule has 0 aromatic heterocycles. The third-order valence-corrected chi connectivity index (χ3v) is 28.4. The normalized spacial score (nSPS) is 16.4. The van der Waals surface area contributed by atoms with E-state index in [1.807, 2.05) is 36.4 Å². The smallest absolute Gasteiger partial charge is 0.0254 e. The number of halogens is 8. The van der Waals surface area contributed by atoms with E-state index in [2.05, 4.69) is 367 Å². The molecule has 0 unspecified atom stereocenters. The van der Waals surface area contributed by atoms with Gasteiger partial charge in [-0.05, 0) is 296 Å². The number of rotatable bonds is 8. The summed E-state index contributed by atoms with van der Waals surface area (Å²) >= 11 is 32.8. The van der Waals surface area contributed by atoms with Crippen molar-refractivity contribution in [3.8, 4) is 44.5 Å². The number of hydrogen-bond donors (Lipinski definition) is 0. The summed E-state index contributed by atoms with van der Waals surface area (Å²) in [5.41, 5.74) is 33.2. The standard InChI is InChI=1S/C76H64Br8.2C7H8/c1-9-73(10-2)57-25-41-17-19-43-27-59-51(35-67(43)79)53-37-69(81)45(29-61(53)74(59,11-3)12-4)21-23-47-31-63-55(39-71(47)83)56-40-72(84)48(32-64(56)76(63,15-7)16-8)24-22-46-30-62-54(38-70(46)82)52-36-68(80)44(28-60(52)75(62,13-5)14-6)20-18-42-26-58(73)50(34-66(42)78)49(57)33-65(41)77;2*1-7-5-3-2-4-6-7/h17-40H,9-16H2,1-8H3;2*2-6H,1H3/b19-17-,20-18-,23-21-,24-22-,41-17?,42-18?,43-19?,44-20?,45-21?,46-22?,47-23?,48-24?;;. The minimum atomic E-state index is -0.139. The van der Waals surface area contributed by atoms with Crippen molar-refractivity contribution >= 4 is 176 Å². The lowest BCUT2D eigenvalue weighted by molar-refractivity contribution is 0.490. The van der Waals surface area contributed by atoms with Crippen LogP contribution in [0.3, 0.4) is 0 Å². The fourth-order valence-electron chi connectivity index (χ4n) is 17.1. The first-order chi connectivity index (χ1) is 47.2. The molecule has 0 saturated heterocycles. The van der Waals surface area contributed by atoms with Crippen LogP contribution < -0.4 is 0 Å². The van der Waals surface area contributed by atoms with Crippen LogP contribution >= 0.6 is 127 Å². The minimum Gasteiger partial charge on any atom is -0.0642 e. The Morgan fingerprint density at radius 2 is 0.337 bits per heavy atom. The van der Waals surface area contributed by atoms with Crippen molar-refractivity contribution in [2.45, 2.75) is 142 Å². The molecule has 16 bridgehead atoms. The van der Waals surface area contributed by atoms with E-state index in [1.165, 1.54) is 145 Å². The van der Waals surface area contributed by atoms with Gasteiger partial charge in [-0.15, -0.1) is 0 Å². The zero-order chi connectivity index (χ0) is 69.3. The Balaban J connectivity index is 0.000000551. The lowest BCUT2D eigenvalue weighted by atomic mass is 9.73. The molecule has 0 saturated carbocycles. The summed E-state index contributed by atoms with van der Waals surface area (Å²) in [5.74, 6) is 0. The van der Waals surface area contributed by atoms with E-state index in [0.29, 0.717) is 0 Å². The van der Waals surface area contributed by atoms with E-state index in [0.717, 1.165) is 87.1 Å². The Morgan fingerprint density at radius 3 is 0.439 bits per heavy atom. The number of fused-ring (bicyclic) bond motifs is 12. The fraction of sp³-hybridized carbons (Fsp3) is 0.244. The monoisotopic (exact) mass is 1790 g/mol. The highest BCUT2D eigenvalue weighted by Gasteiger charge is 2.46. The van der Waals surface area contributed by atoms with Crippen molar-refractivity contribution in [3.05, 3.63) is 294 Å². The van der Waals surface area contributed by atoms with Crippen molar-refractivity contribution < 1.29 is 0 Å². The average Bonchev–Trinajstić information content (AvgIpc) is 1.59. The minimum absolute atomic E-state index is 0.139. The summed E-state index contributed by atoms with van der Waals surface area (Å²) in [4.78, 5) is 0. The molecule has 0 fully saturated rings. The SMILES string of the molecule is CCC1(CC)c2cc3c(Br)cc2-c2cc(Br)c(cc21)/C=C\c1cc2c(cc1Br)-c1cc(Br)c(cc1C2(CC)CC)/C=C\c1cc2c(cc1Br)-c1cc(Br)c(cc1C2(CC)CC)/C=C\c1cc2c(cc1Br)-c1cc(Br)c(cc1C2(CC)CC)/C=C\3.Cc1ccccc1.Cc1ccccc1. The van der Waals surface area contributed by atoms with Crippen LogP contribution in [-0.2, 0) is 21.7 Å². The highest BCUT2D eigenvalue weighted by molar-refractivity contribution is 9.11. The van der Waals surface area contributed by atoms with E-state index >= 15 is 0 Å². The fourth-order valence-corrected chi connectivity index (χ4v) is 20.9. The Morgan fingerprint density at radius 1 is 0.204 bits per heavy atom. The molecule has 98 heavy (non-hydrogen) atoms. The van der Waals surface area contributed by atoms with E-state index in [-0.39, 0.29) is 21.7 Å². The van der Waals surface area contributed by atoms with Gasteiger partial charge in [-0.2, -0.15) is 0 Å². The first-order valence-corrected chi connectivity index (χ1v) is 41.0. The van der Waals surface area contributed by atoms with Gasteiger partial charge in [0.1, 0.15) is 0 Å². The molecule has 0 N–H and O–H groups in total. The summed E-state index contributed by atoms with van der Waals surface area (Å²) in [6, 6.07) is 59.3. The predicted molar refractivity (Wildman–Crippen MR) is 453 cm³/mol. The average molecular weight is 1800 g/mol. The molecule has 5 aliphatic carbocycles. The van der Waals surface area contributed by atoms with E-state index < -0.39 is 0 Å². The van der Waals surface area contributed by atoms with Gasteiger partial charge < -0.3 is 0 Å². The molecule has 496 valence electrons. The van der Waals surface area contributed by atoms with Crippen LogP contribution in [0.1, 0.15) is 207 Å². The molecular formula is C90H80Br8. The van der Waals surface area contributed by atoms with E-state index in [1.54, 1.807) is 0 Å². The Hall–Kier alpha value is -5.00. The Kier molecular flexibility index (Phi) is 20.9. The maximum atomic E-state index is 4.11. The molecule has 0 spiro atoms. The van der Waals surface area contributed by atoms with Gasteiger partial charge in [0.05, 0.1) is 0 Å². The van der Waals surface area contributed by atoms with Gasteiger partial charge in [0.15, 0.2) is 0 Å². The molecule has 0 atom stereocenters. The van der Waals surface area contributed by atoms with Gasteiger partial charge in [0.2, 0.25) is 0 Å². The van der Waals surface area contributed by atoms with Crippen LogP contribution in [0.15, 0.2) is 194 Å². The second-order valence-corrected chi connectivity index (χ2v) is 34.0. The lowest BCUT2D eigenvalue weighted by Crippen LogP contribution is -2.23. The summed E-state index contributed by atoms with van der Waals surface area (Å²) in [7, 11) is 0. The molecule has 0 heterocycles. The lowest BCUT2D eigenvalue weighted by Gasteiger charge is -2.30.